The zero-order valence-corrected chi connectivity index (χ0v) is 11.9. The van der Waals surface area contributed by atoms with E-state index in [9.17, 15) is 0 Å². The fourth-order valence-corrected chi connectivity index (χ4v) is 2.53. The van der Waals surface area contributed by atoms with E-state index in [-0.39, 0.29) is 5.84 Å². The van der Waals surface area contributed by atoms with Gasteiger partial charge in [0.1, 0.15) is 0 Å². The van der Waals surface area contributed by atoms with Gasteiger partial charge in [0.15, 0.2) is 5.84 Å². The molecule has 0 atom stereocenters. The van der Waals surface area contributed by atoms with Gasteiger partial charge in [-0.05, 0) is 34.3 Å². The Kier molecular flexibility index (Phi) is 3.93. The highest BCUT2D eigenvalue weighted by Gasteiger charge is 2.14. The lowest BCUT2D eigenvalue weighted by molar-refractivity contribution is 0.318. The maximum Gasteiger partial charge on any atom is 0.173 e. The highest BCUT2D eigenvalue weighted by molar-refractivity contribution is 9.10. The predicted molar refractivity (Wildman–Crippen MR) is 75.6 cm³/mol. The number of amidine groups is 1. The Morgan fingerprint density at radius 2 is 2.33 bits per heavy atom. The Hall–Kier alpha value is -1.47. The van der Waals surface area contributed by atoms with Gasteiger partial charge >= 0.3 is 0 Å². The number of hydrogen-bond donors (Lipinski definition) is 2. The lowest BCUT2D eigenvalue weighted by atomic mass is 10.1. The molecule has 0 aliphatic carbocycles. The molecule has 0 aliphatic rings. The molecular formula is C11H11BrN4OS. The van der Waals surface area contributed by atoms with Crippen LogP contribution in [-0.2, 0) is 0 Å². The van der Waals surface area contributed by atoms with Crippen molar-refractivity contribution in [2.24, 2.45) is 10.9 Å². The molecule has 1 heterocycles. The third kappa shape index (κ3) is 2.37. The average molecular weight is 327 g/mol. The van der Waals surface area contributed by atoms with Gasteiger partial charge in [-0.25, -0.2) is 4.68 Å². The van der Waals surface area contributed by atoms with Gasteiger partial charge in [-0.3, -0.25) is 0 Å². The molecule has 0 radical (unpaired) electrons. The molecule has 7 heteroatoms. The van der Waals surface area contributed by atoms with E-state index < -0.39 is 0 Å². The van der Waals surface area contributed by atoms with Gasteiger partial charge in [-0.2, -0.15) is 5.10 Å². The SMILES string of the molecule is CSc1cccc(-n2cc(Br)cn2)c1/C(N)=N/O. The van der Waals surface area contributed by atoms with Gasteiger partial charge in [0.05, 0.1) is 21.9 Å². The molecule has 5 nitrogen and oxygen atoms in total. The first kappa shape index (κ1) is 13.0. The van der Waals surface area contributed by atoms with Gasteiger partial charge in [-0.1, -0.05) is 11.2 Å². The lowest BCUT2D eigenvalue weighted by Gasteiger charge is -2.12. The second kappa shape index (κ2) is 5.45. The van der Waals surface area contributed by atoms with E-state index in [1.165, 1.54) is 11.8 Å². The number of nitrogens with two attached hydrogens (primary N) is 1. The smallest absolute Gasteiger partial charge is 0.173 e. The molecule has 0 bridgehead atoms. The normalized spacial score (nSPS) is 11.8. The second-order valence-corrected chi connectivity index (χ2v) is 5.21. The summed E-state index contributed by atoms with van der Waals surface area (Å²) in [6.07, 6.45) is 5.43. The summed E-state index contributed by atoms with van der Waals surface area (Å²) in [5.41, 5.74) is 7.19. The van der Waals surface area contributed by atoms with E-state index in [1.54, 1.807) is 10.9 Å². The molecule has 0 spiro atoms. The molecule has 3 N–H and O–H groups in total. The zero-order chi connectivity index (χ0) is 13.1. The first-order valence-corrected chi connectivity index (χ1v) is 7.04. The molecule has 2 aromatic rings. The van der Waals surface area contributed by atoms with E-state index in [2.05, 4.69) is 26.2 Å². The molecule has 0 aliphatic heterocycles. The molecule has 0 amide bonds. The van der Waals surface area contributed by atoms with Crippen LogP contribution >= 0.6 is 27.7 Å². The van der Waals surface area contributed by atoms with Crippen LogP contribution < -0.4 is 5.73 Å². The third-order valence-corrected chi connectivity index (χ3v) is 3.58. The fourth-order valence-electron chi connectivity index (χ4n) is 1.62. The molecule has 0 saturated carbocycles. The van der Waals surface area contributed by atoms with Crippen LogP contribution in [0.4, 0.5) is 0 Å². The highest BCUT2D eigenvalue weighted by Crippen LogP contribution is 2.26. The van der Waals surface area contributed by atoms with E-state index in [0.29, 0.717) is 5.56 Å². The summed E-state index contributed by atoms with van der Waals surface area (Å²) in [5.74, 6) is 0.0709. The number of thioether (sulfide) groups is 1. The van der Waals surface area contributed by atoms with Gasteiger partial charge in [-0.15, -0.1) is 11.8 Å². The van der Waals surface area contributed by atoms with Crippen LogP contribution in [0.25, 0.3) is 5.69 Å². The number of hydrogen-bond acceptors (Lipinski definition) is 4. The zero-order valence-electron chi connectivity index (χ0n) is 9.54. The molecule has 2 rings (SSSR count). The third-order valence-electron chi connectivity index (χ3n) is 2.39. The standard InChI is InChI=1S/C11H11BrN4OS/c1-18-9-4-2-3-8(10(9)11(13)15-17)16-6-7(12)5-14-16/h2-6,17H,1H3,(H2,13,15). The van der Waals surface area contributed by atoms with Crippen molar-refractivity contribution < 1.29 is 5.21 Å². The number of rotatable bonds is 3. The van der Waals surface area contributed by atoms with Crippen LogP contribution in [0.3, 0.4) is 0 Å². The van der Waals surface area contributed by atoms with Gasteiger partial charge in [0, 0.05) is 11.1 Å². The summed E-state index contributed by atoms with van der Waals surface area (Å²) in [6, 6.07) is 5.69. The number of nitrogens with zero attached hydrogens (tertiary/aromatic N) is 3. The Bertz CT molecular complexity index is 596. The Morgan fingerprint density at radius 1 is 1.56 bits per heavy atom. The monoisotopic (exact) mass is 326 g/mol. The van der Waals surface area contributed by atoms with Crippen molar-refractivity contribution in [2.45, 2.75) is 4.90 Å². The number of halogens is 1. The van der Waals surface area contributed by atoms with Crippen LogP contribution in [0.15, 0.2) is 45.1 Å². The van der Waals surface area contributed by atoms with Crippen molar-refractivity contribution in [2.75, 3.05) is 6.26 Å². The van der Waals surface area contributed by atoms with Gasteiger partial charge in [0.2, 0.25) is 0 Å². The first-order chi connectivity index (χ1) is 8.67. The van der Waals surface area contributed by atoms with E-state index in [4.69, 9.17) is 10.9 Å². The summed E-state index contributed by atoms with van der Waals surface area (Å²) in [4.78, 5) is 0.925. The predicted octanol–water partition coefficient (Wildman–Crippen LogP) is 2.45. The fraction of sp³-hybridized carbons (Fsp3) is 0.0909. The molecular weight excluding hydrogens is 316 g/mol. The first-order valence-electron chi connectivity index (χ1n) is 5.03. The maximum atomic E-state index is 8.90. The average Bonchev–Trinajstić information content (AvgIpc) is 2.83. The van der Waals surface area contributed by atoms with Crippen molar-refractivity contribution in [3.63, 3.8) is 0 Å². The molecule has 1 aromatic heterocycles. The summed E-state index contributed by atoms with van der Waals surface area (Å²) in [5, 5.41) is 16.2. The second-order valence-electron chi connectivity index (χ2n) is 3.44. The van der Waals surface area contributed by atoms with Crippen molar-refractivity contribution in [1.29, 1.82) is 0 Å². The van der Waals surface area contributed by atoms with Crippen molar-refractivity contribution >= 4 is 33.5 Å². The van der Waals surface area contributed by atoms with E-state index in [0.717, 1.165) is 15.1 Å². The van der Waals surface area contributed by atoms with Gasteiger partial charge < -0.3 is 10.9 Å². The molecule has 18 heavy (non-hydrogen) atoms. The highest BCUT2D eigenvalue weighted by atomic mass is 79.9. The quantitative estimate of drug-likeness (QED) is 0.298. The Labute approximate surface area is 117 Å². The van der Waals surface area contributed by atoms with Crippen LogP contribution in [0.2, 0.25) is 0 Å². The summed E-state index contributed by atoms with van der Waals surface area (Å²) >= 11 is 4.87. The van der Waals surface area contributed by atoms with Gasteiger partial charge in [0.25, 0.3) is 0 Å². The summed E-state index contributed by atoms with van der Waals surface area (Å²) < 4.78 is 2.54. The number of benzene rings is 1. The van der Waals surface area contributed by atoms with E-state index in [1.807, 2.05) is 30.7 Å². The molecule has 0 saturated heterocycles. The molecule has 94 valence electrons. The van der Waals surface area contributed by atoms with Crippen LogP contribution in [0, 0.1) is 0 Å². The number of oxime groups is 1. The largest absolute Gasteiger partial charge is 0.409 e. The minimum absolute atomic E-state index is 0.0709. The Balaban J connectivity index is 2.67. The lowest BCUT2D eigenvalue weighted by Crippen LogP contribution is -2.17. The van der Waals surface area contributed by atoms with Crippen LogP contribution in [0.1, 0.15) is 5.56 Å². The topological polar surface area (TPSA) is 76.4 Å². The minimum Gasteiger partial charge on any atom is -0.409 e. The maximum absolute atomic E-state index is 8.90. The van der Waals surface area contributed by atoms with Crippen molar-refractivity contribution in [1.82, 2.24) is 9.78 Å². The number of aromatic nitrogens is 2. The van der Waals surface area contributed by atoms with E-state index >= 15 is 0 Å². The molecule has 0 unspecified atom stereocenters. The summed E-state index contributed by atoms with van der Waals surface area (Å²) in [6.45, 7) is 0. The van der Waals surface area contributed by atoms with Crippen molar-refractivity contribution in [3.05, 3.63) is 40.6 Å². The van der Waals surface area contributed by atoms with Crippen molar-refractivity contribution in [3.8, 4) is 5.69 Å². The van der Waals surface area contributed by atoms with Crippen LogP contribution in [0.5, 0.6) is 0 Å². The molecule has 0 fully saturated rings. The van der Waals surface area contributed by atoms with Crippen LogP contribution in [-0.4, -0.2) is 27.1 Å². The Morgan fingerprint density at radius 3 is 2.89 bits per heavy atom. The molecule has 1 aromatic carbocycles. The summed E-state index contributed by atoms with van der Waals surface area (Å²) in [7, 11) is 0. The minimum atomic E-state index is 0.0709.